The van der Waals surface area contributed by atoms with Crippen LogP contribution in [0.3, 0.4) is 0 Å². The fourth-order valence-corrected chi connectivity index (χ4v) is 5.72. The Kier molecular flexibility index (Phi) is 5.55. The Morgan fingerprint density at radius 2 is 2.00 bits per heavy atom. The summed E-state index contributed by atoms with van der Waals surface area (Å²) in [5, 5.41) is 1.68. The molecule has 0 fully saturated rings. The van der Waals surface area contributed by atoms with E-state index in [9.17, 15) is 4.79 Å². The van der Waals surface area contributed by atoms with E-state index in [0.717, 1.165) is 39.7 Å². The Morgan fingerprint density at radius 1 is 1.22 bits per heavy atom. The summed E-state index contributed by atoms with van der Waals surface area (Å²) >= 11 is 3.32. The van der Waals surface area contributed by atoms with Gasteiger partial charge in [-0.05, 0) is 57.2 Å². The lowest BCUT2D eigenvalue weighted by atomic mass is 9.97. The van der Waals surface area contributed by atoms with Gasteiger partial charge in [-0.3, -0.25) is 9.36 Å². The number of hydrogen-bond donors (Lipinski definition) is 0. The van der Waals surface area contributed by atoms with Gasteiger partial charge in [-0.1, -0.05) is 29.5 Å². The Hall–Kier alpha value is -1.79. The summed E-state index contributed by atoms with van der Waals surface area (Å²) in [6.45, 7) is 5.31. The molecule has 1 aromatic carbocycles. The van der Waals surface area contributed by atoms with E-state index >= 15 is 0 Å². The highest BCUT2D eigenvalue weighted by atomic mass is 32.2. The number of aromatic nitrogens is 2. The van der Waals surface area contributed by atoms with Crippen LogP contribution in [0.2, 0.25) is 0 Å². The van der Waals surface area contributed by atoms with E-state index in [2.05, 4.69) is 6.92 Å². The molecule has 0 atom stereocenters. The van der Waals surface area contributed by atoms with Crippen molar-refractivity contribution in [1.82, 2.24) is 9.55 Å². The Balaban J connectivity index is 1.52. The molecule has 2 heterocycles. The van der Waals surface area contributed by atoms with Gasteiger partial charge in [0, 0.05) is 17.2 Å². The van der Waals surface area contributed by atoms with Gasteiger partial charge in [-0.2, -0.15) is 0 Å². The van der Waals surface area contributed by atoms with Gasteiger partial charge < -0.3 is 4.74 Å². The third-order valence-electron chi connectivity index (χ3n) is 4.96. The third kappa shape index (κ3) is 3.78. The molecule has 4 nitrogen and oxygen atoms in total. The number of thioether (sulfide) groups is 1. The molecule has 2 aromatic heterocycles. The molecule has 1 aliphatic carbocycles. The van der Waals surface area contributed by atoms with Gasteiger partial charge in [-0.25, -0.2) is 4.98 Å². The Labute approximate surface area is 167 Å². The molecule has 1 aliphatic rings. The number of rotatable bonds is 6. The van der Waals surface area contributed by atoms with E-state index < -0.39 is 0 Å². The molecule has 3 aromatic rings. The first kappa shape index (κ1) is 18.6. The zero-order chi connectivity index (χ0) is 18.8. The maximum Gasteiger partial charge on any atom is 0.263 e. The average Bonchev–Trinajstić information content (AvgIpc) is 3.05. The lowest BCUT2D eigenvalue weighted by Crippen LogP contribution is -2.23. The summed E-state index contributed by atoms with van der Waals surface area (Å²) in [4.78, 5) is 20.2. The minimum absolute atomic E-state index is 0.129. The van der Waals surface area contributed by atoms with Crippen LogP contribution in [0.1, 0.15) is 35.8 Å². The third-order valence-corrected chi connectivity index (χ3v) is 7.09. The van der Waals surface area contributed by atoms with Crippen LogP contribution in [0.15, 0.2) is 34.2 Å². The summed E-state index contributed by atoms with van der Waals surface area (Å²) in [6.07, 6.45) is 4.51. The second-order valence-electron chi connectivity index (χ2n) is 6.84. The number of ether oxygens (including phenoxy) is 1. The number of nitrogens with zero attached hydrogens (tertiary/aromatic N) is 2. The van der Waals surface area contributed by atoms with Gasteiger partial charge >= 0.3 is 0 Å². The molecule has 0 N–H and O–H groups in total. The zero-order valence-electron chi connectivity index (χ0n) is 15.8. The largest absolute Gasteiger partial charge is 0.493 e. The minimum Gasteiger partial charge on any atom is -0.493 e. The monoisotopic (exact) mass is 400 g/mol. The van der Waals surface area contributed by atoms with Gasteiger partial charge in [0.1, 0.15) is 10.6 Å². The van der Waals surface area contributed by atoms with Gasteiger partial charge in [0.25, 0.3) is 5.56 Å². The predicted molar refractivity (Wildman–Crippen MR) is 114 cm³/mol. The van der Waals surface area contributed by atoms with Crippen LogP contribution in [-0.2, 0) is 19.4 Å². The molecular weight excluding hydrogens is 376 g/mol. The summed E-state index contributed by atoms with van der Waals surface area (Å²) < 4.78 is 7.63. The van der Waals surface area contributed by atoms with Crippen molar-refractivity contribution in [1.29, 1.82) is 0 Å². The van der Waals surface area contributed by atoms with Gasteiger partial charge in [0.2, 0.25) is 0 Å². The summed E-state index contributed by atoms with van der Waals surface area (Å²) in [5.74, 6) is 1.64. The highest BCUT2D eigenvalue weighted by Crippen LogP contribution is 2.34. The second kappa shape index (κ2) is 8.07. The van der Waals surface area contributed by atoms with Gasteiger partial charge in [-0.15, -0.1) is 11.3 Å². The normalized spacial score (nSPS) is 13.7. The van der Waals surface area contributed by atoms with Crippen molar-refractivity contribution in [3.8, 4) is 5.75 Å². The SMILES string of the molecule is CCn1c(SCCOc2ccc(C)cc2)nc2sc3c(c2c1=O)CCCC3. The number of benzene rings is 1. The Bertz CT molecular complexity index is 1010. The molecule has 0 saturated heterocycles. The highest BCUT2D eigenvalue weighted by molar-refractivity contribution is 7.99. The van der Waals surface area contributed by atoms with Crippen LogP contribution >= 0.6 is 23.1 Å². The van der Waals surface area contributed by atoms with E-state index in [-0.39, 0.29) is 5.56 Å². The maximum absolute atomic E-state index is 13.1. The minimum atomic E-state index is 0.129. The van der Waals surface area contributed by atoms with Crippen LogP contribution in [0.25, 0.3) is 10.2 Å². The molecule has 0 saturated carbocycles. The lowest BCUT2D eigenvalue weighted by Gasteiger charge is -2.12. The first-order chi connectivity index (χ1) is 13.2. The van der Waals surface area contributed by atoms with Crippen LogP contribution < -0.4 is 10.3 Å². The molecule has 0 unspecified atom stereocenters. The predicted octanol–water partition coefficient (Wildman–Crippen LogP) is 4.84. The molecule has 0 aliphatic heterocycles. The average molecular weight is 401 g/mol. The van der Waals surface area contributed by atoms with E-state index in [1.54, 1.807) is 23.1 Å². The van der Waals surface area contributed by atoms with Gasteiger partial charge in [0.15, 0.2) is 5.16 Å². The van der Waals surface area contributed by atoms with Crippen LogP contribution in [0.5, 0.6) is 5.75 Å². The molecule has 0 radical (unpaired) electrons. The van der Waals surface area contributed by atoms with Crippen molar-refractivity contribution in [2.75, 3.05) is 12.4 Å². The molecular formula is C21H24N2O2S2. The number of hydrogen-bond acceptors (Lipinski definition) is 5. The molecule has 0 bridgehead atoms. The maximum atomic E-state index is 13.1. The van der Waals surface area contributed by atoms with E-state index in [4.69, 9.17) is 9.72 Å². The van der Waals surface area contributed by atoms with E-state index in [1.807, 2.05) is 35.8 Å². The molecule has 0 spiro atoms. The number of fused-ring (bicyclic) bond motifs is 3. The zero-order valence-corrected chi connectivity index (χ0v) is 17.4. The standard InChI is InChI=1S/C21H24N2O2S2/c1-3-23-20(24)18-16-6-4-5-7-17(16)27-19(18)22-21(23)26-13-12-25-15-10-8-14(2)9-11-15/h8-11H,3-7,12-13H2,1-2H3. The lowest BCUT2D eigenvalue weighted by molar-refractivity contribution is 0.343. The fraction of sp³-hybridized carbons (Fsp3) is 0.429. The first-order valence-corrected chi connectivity index (χ1v) is 11.3. The molecule has 0 amide bonds. The number of aryl methyl sites for hydroxylation is 3. The summed E-state index contributed by atoms with van der Waals surface area (Å²) in [6, 6.07) is 8.07. The van der Waals surface area contributed by atoms with Crippen LogP contribution in [-0.4, -0.2) is 21.9 Å². The molecule has 6 heteroatoms. The van der Waals surface area contributed by atoms with Crippen molar-refractivity contribution < 1.29 is 4.74 Å². The summed E-state index contributed by atoms with van der Waals surface area (Å²) in [7, 11) is 0. The molecule has 27 heavy (non-hydrogen) atoms. The summed E-state index contributed by atoms with van der Waals surface area (Å²) in [5.41, 5.74) is 2.61. The van der Waals surface area contributed by atoms with Crippen molar-refractivity contribution >= 4 is 33.3 Å². The van der Waals surface area contributed by atoms with Crippen molar-refractivity contribution in [2.45, 2.75) is 51.2 Å². The first-order valence-electron chi connectivity index (χ1n) is 9.54. The van der Waals surface area contributed by atoms with Crippen LogP contribution in [0, 0.1) is 6.92 Å². The number of thiophene rings is 1. The topological polar surface area (TPSA) is 44.1 Å². The molecule has 142 valence electrons. The van der Waals surface area contributed by atoms with E-state index in [1.165, 1.54) is 28.8 Å². The molecule has 4 rings (SSSR count). The second-order valence-corrected chi connectivity index (χ2v) is 8.99. The van der Waals surface area contributed by atoms with E-state index in [0.29, 0.717) is 13.2 Å². The quantitative estimate of drug-likeness (QED) is 0.337. The highest BCUT2D eigenvalue weighted by Gasteiger charge is 2.21. The van der Waals surface area contributed by atoms with Gasteiger partial charge in [0.05, 0.1) is 12.0 Å². The van der Waals surface area contributed by atoms with Crippen molar-refractivity contribution in [3.05, 3.63) is 50.6 Å². The van der Waals surface area contributed by atoms with Crippen molar-refractivity contribution in [3.63, 3.8) is 0 Å². The smallest absolute Gasteiger partial charge is 0.263 e. The van der Waals surface area contributed by atoms with Crippen LogP contribution in [0.4, 0.5) is 0 Å². The van der Waals surface area contributed by atoms with Crippen molar-refractivity contribution in [2.24, 2.45) is 0 Å². The fourth-order valence-electron chi connectivity index (χ4n) is 3.54. The Morgan fingerprint density at radius 3 is 2.78 bits per heavy atom.